The molecule has 0 saturated carbocycles. The van der Waals surface area contributed by atoms with Crippen LogP contribution in [0, 0.1) is 5.92 Å². The van der Waals surface area contributed by atoms with E-state index >= 15 is 0 Å². The van der Waals surface area contributed by atoms with E-state index in [1.54, 1.807) is 0 Å². The third-order valence-electron chi connectivity index (χ3n) is 3.55. The summed E-state index contributed by atoms with van der Waals surface area (Å²) in [6.45, 7) is 13.3. The van der Waals surface area contributed by atoms with Gasteiger partial charge in [-0.1, -0.05) is 0 Å². The van der Waals surface area contributed by atoms with Crippen LogP contribution in [0.1, 0.15) is 47.5 Å². The Balaban J connectivity index is 0.00000484. The van der Waals surface area contributed by atoms with Crippen LogP contribution < -0.4 is 16.4 Å². The number of hydrogen-bond donors (Lipinski definition) is 3. The van der Waals surface area contributed by atoms with Gasteiger partial charge in [0.15, 0.2) is 5.96 Å². The van der Waals surface area contributed by atoms with Crippen molar-refractivity contribution in [3.63, 3.8) is 0 Å². The molecule has 1 fully saturated rings. The van der Waals surface area contributed by atoms with E-state index < -0.39 is 0 Å². The summed E-state index contributed by atoms with van der Waals surface area (Å²) in [6, 6.07) is 0.312. The van der Waals surface area contributed by atoms with E-state index in [4.69, 9.17) is 5.73 Å². The number of rotatable bonds is 5. The fourth-order valence-electron chi connectivity index (χ4n) is 2.56. The van der Waals surface area contributed by atoms with Crippen LogP contribution in [-0.4, -0.2) is 54.5 Å². The van der Waals surface area contributed by atoms with Crippen molar-refractivity contribution < 1.29 is 4.79 Å². The van der Waals surface area contributed by atoms with Gasteiger partial charge in [0, 0.05) is 18.1 Å². The van der Waals surface area contributed by atoms with E-state index in [0.717, 1.165) is 32.5 Å². The lowest BCUT2D eigenvalue weighted by atomic mass is 9.97. The molecule has 1 aliphatic rings. The van der Waals surface area contributed by atoms with Gasteiger partial charge in [0.05, 0.1) is 6.54 Å². The maximum absolute atomic E-state index is 11.9. The molecule has 0 aliphatic carbocycles. The number of nitrogens with one attached hydrogen (secondary N) is 2. The second-order valence-electron chi connectivity index (χ2n) is 7.54. The number of carbonyl (C=O) groups is 1. The van der Waals surface area contributed by atoms with Crippen molar-refractivity contribution in [2.75, 3.05) is 26.2 Å². The molecular formula is C16H34IN5O. The topological polar surface area (TPSA) is 82.8 Å². The van der Waals surface area contributed by atoms with Gasteiger partial charge < -0.3 is 16.4 Å². The standard InChI is InChI=1S/C16H33N5O.HI/c1-12(2)19-15(17)18-10-13-6-8-21(9-7-13)11-14(22)20-16(3,4)5;/h12-13H,6-11H2,1-5H3,(H,20,22)(H3,17,18,19);1H. The van der Waals surface area contributed by atoms with Gasteiger partial charge in [-0.2, -0.15) is 0 Å². The van der Waals surface area contributed by atoms with Crippen LogP contribution in [-0.2, 0) is 4.79 Å². The van der Waals surface area contributed by atoms with Crippen molar-refractivity contribution in [1.82, 2.24) is 15.5 Å². The number of aliphatic imine (C=N–C) groups is 1. The molecule has 1 aliphatic heterocycles. The molecule has 1 saturated heterocycles. The number of hydrogen-bond acceptors (Lipinski definition) is 3. The van der Waals surface area contributed by atoms with Crippen LogP contribution in [0.4, 0.5) is 0 Å². The summed E-state index contributed by atoms with van der Waals surface area (Å²) in [5.74, 6) is 1.20. The van der Waals surface area contributed by atoms with Gasteiger partial charge >= 0.3 is 0 Å². The van der Waals surface area contributed by atoms with Gasteiger partial charge in [0.2, 0.25) is 5.91 Å². The summed E-state index contributed by atoms with van der Waals surface area (Å²) in [6.07, 6.45) is 2.14. The Bertz CT molecular complexity index is 384. The molecule has 0 spiro atoms. The summed E-state index contributed by atoms with van der Waals surface area (Å²) in [4.78, 5) is 18.6. The molecule has 6 nitrogen and oxygen atoms in total. The van der Waals surface area contributed by atoms with E-state index in [9.17, 15) is 4.79 Å². The first kappa shape index (κ1) is 22.4. The Hall–Kier alpha value is -0.570. The fourth-order valence-corrected chi connectivity index (χ4v) is 2.56. The molecule has 0 aromatic heterocycles. The highest BCUT2D eigenvalue weighted by molar-refractivity contribution is 14.0. The van der Waals surface area contributed by atoms with Gasteiger partial charge in [-0.25, -0.2) is 0 Å². The van der Waals surface area contributed by atoms with E-state index in [1.807, 2.05) is 34.6 Å². The lowest BCUT2D eigenvalue weighted by Crippen LogP contribution is -2.47. The predicted octanol–water partition coefficient (Wildman–Crippen LogP) is 1.54. The van der Waals surface area contributed by atoms with Crippen LogP contribution in [0.5, 0.6) is 0 Å². The van der Waals surface area contributed by atoms with Crippen molar-refractivity contribution in [2.45, 2.75) is 59.0 Å². The first-order valence-corrected chi connectivity index (χ1v) is 8.25. The zero-order valence-electron chi connectivity index (χ0n) is 15.2. The van der Waals surface area contributed by atoms with Crippen LogP contribution in [0.3, 0.4) is 0 Å². The van der Waals surface area contributed by atoms with E-state index in [2.05, 4.69) is 20.5 Å². The van der Waals surface area contributed by atoms with Crippen LogP contribution in [0.15, 0.2) is 4.99 Å². The third-order valence-corrected chi connectivity index (χ3v) is 3.55. The second-order valence-corrected chi connectivity index (χ2v) is 7.54. The zero-order chi connectivity index (χ0) is 16.8. The van der Waals surface area contributed by atoms with Crippen LogP contribution >= 0.6 is 24.0 Å². The molecule has 0 radical (unpaired) electrons. The average Bonchev–Trinajstić information content (AvgIpc) is 2.34. The lowest BCUT2D eigenvalue weighted by molar-refractivity contribution is -0.124. The SMILES string of the molecule is CC(C)NC(N)=NCC1CCN(CC(=O)NC(C)(C)C)CC1.I. The first-order valence-electron chi connectivity index (χ1n) is 8.25. The predicted molar refractivity (Wildman–Crippen MR) is 107 cm³/mol. The Morgan fingerprint density at radius 1 is 1.30 bits per heavy atom. The number of carbonyl (C=O) groups excluding carboxylic acids is 1. The van der Waals surface area contributed by atoms with Gasteiger partial charge in [-0.05, 0) is 66.5 Å². The summed E-state index contributed by atoms with van der Waals surface area (Å²) >= 11 is 0. The number of nitrogens with two attached hydrogens (primary N) is 1. The van der Waals surface area contributed by atoms with E-state index in [-0.39, 0.29) is 35.4 Å². The highest BCUT2D eigenvalue weighted by Crippen LogP contribution is 2.17. The summed E-state index contributed by atoms with van der Waals surface area (Å²) in [7, 11) is 0. The number of guanidine groups is 1. The van der Waals surface area contributed by atoms with Gasteiger partial charge in [-0.3, -0.25) is 14.7 Å². The van der Waals surface area contributed by atoms with Crippen molar-refractivity contribution in [2.24, 2.45) is 16.6 Å². The summed E-state index contributed by atoms with van der Waals surface area (Å²) in [5, 5.41) is 6.11. The molecule has 0 aromatic rings. The summed E-state index contributed by atoms with van der Waals surface area (Å²) in [5.41, 5.74) is 5.66. The van der Waals surface area contributed by atoms with Gasteiger partial charge in [0.1, 0.15) is 0 Å². The Labute approximate surface area is 158 Å². The average molecular weight is 439 g/mol. The molecule has 0 aromatic carbocycles. The normalized spacial score (nSPS) is 17.7. The molecule has 4 N–H and O–H groups in total. The largest absolute Gasteiger partial charge is 0.370 e. The number of piperidine rings is 1. The highest BCUT2D eigenvalue weighted by atomic mass is 127. The maximum Gasteiger partial charge on any atom is 0.234 e. The smallest absolute Gasteiger partial charge is 0.234 e. The Morgan fingerprint density at radius 2 is 1.87 bits per heavy atom. The highest BCUT2D eigenvalue weighted by Gasteiger charge is 2.22. The van der Waals surface area contributed by atoms with Crippen LogP contribution in [0.25, 0.3) is 0 Å². The zero-order valence-corrected chi connectivity index (χ0v) is 17.5. The minimum atomic E-state index is -0.162. The van der Waals surface area contributed by atoms with E-state index in [0.29, 0.717) is 24.5 Å². The third kappa shape index (κ3) is 10.8. The van der Waals surface area contributed by atoms with E-state index in [1.165, 1.54) is 0 Å². The molecule has 0 unspecified atom stereocenters. The second kappa shape index (κ2) is 10.3. The molecule has 1 rings (SSSR count). The molecule has 23 heavy (non-hydrogen) atoms. The fraction of sp³-hybridized carbons (Fsp3) is 0.875. The minimum Gasteiger partial charge on any atom is -0.370 e. The first-order chi connectivity index (χ1) is 10.2. The quantitative estimate of drug-likeness (QED) is 0.345. The molecular weight excluding hydrogens is 405 g/mol. The van der Waals surface area contributed by atoms with Gasteiger partial charge in [0.25, 0.3) is 0 Å². The Kier molecular flexibility index (Phi) is 10.1. The monoisotopic (exact) mass is 439 g/mol. The number of halogens is 1. The molecule has 0 atom stereocenters. The molecule has 0 bridgehead atoms. The van der Waals surface area contributed by atoms with Gasteiger partial charge in [-0.15, -0.1) is 24.0 Å². The number of amides is 1. The summed E-state index contributed by atoms with van der Waals surface area (Å²) < 4.78 is 0. The maximum atomic E-state index is 11.9. The van der Waals surface area contributed by atoms with Crippen molar-refractivity contribution in [3.8, 4) is 0 Å². The molecule has 136 valence electrons. The van der Waals surface area contributed by atoms with Crippen molar-refractivity contribution in [3.05, 3.63) is 0 Å². The number of likely N-dealkylation sites (tertiary alicyclic amines) is 1. The van der Waals surface area contributed by atoms with Crippen molar-refractivity contribution >= 4 is 35.8 Å². The van der Waals surface area contributed by atoms with Crippen LogP contribution in [0.2, 0.25) is 0 Å². The molecule has 1 heterocycles. The minimum absolute atomic E-state index is 0. The number of nitrogens with zero attached hydrogens (tertiary/aromatic N) is 2. The molecule has 1 amide bonds. The Morgan fingerprint density at radius 3 is 2.35 bits per heavy atom. The molecule has 7 heteroatoms. The van der Waals surface area contributed by atoms with Crippen molar-refractivity contribution in [1.29, 1.82) is 0 Å². The lowest BCUT2D eigenvalue weighted by Gasteiger charge is -2.31.